The van der Waals surface area contributed by atoms with E-state index >= 15 is 0 Å². The number of halogens is 1. The van der Waals surface area contributed by atoms with Gasteiger partial charge in [-0.15, -0.1) is 0 Å². The van der Waals surface area contributed by atoms with Crippen molar-refractivity contribution in [2.75, 3.05) is 0 Å². The van der Waals surface area contributed by atoms with Crippen molar-refractivity contribution < 1.29 is 19.4 Å². The van der Waals surface area contributed by atoms with Crippen LogP contribution in [0.1, 0.15) is 12.5 Å². The first-order valence-corrected chi connectivity index (χ1v) is 4.90. The molecule has 0 amide bonds. The van der Waals surface area contributed by atoms with Gasteiger partial charge in [-0.25, -0.2) is 4.39 Å². The summed E-state index contributed by atoms with van der Waals surface area (Å²) in [6, 6.07) is 5.18. The number of carboxylic acids is 1. The van der Waals surface area contributed by atoms with Gasteiger partial charge in [0.2, 0.25) is 0 Å². The highest BCUT2D eigenvalue weighted by molar-refractivity contribution is 5.73. The van der Waals surface area contributed by atoms with E-state index < -0.39 is 18.3 Å². The van der Waals surface area contributed by atoms with Gasteiger partial charge in [0.05, 0.1) is 0 Å². The lowest BCUT2D eigenvalue weighted by atomic mass is 10.1. The summed E-state index contributed by atoms with van der Waals surface area (Å²) in [5.41, 5.74) is 0.721. The molecule has 2 atom stereocenters. The van der Waals surface area contributed by atoms with Crippen molar-refractivity contribution >= 4 is 5.97 Å². The molecule has 0 aliphatic heterocycles. The smallest absolute Gasteiger partial charge is 0.321 e. The lowest BCUT2D eigenvalue weighted by molar-refractivity contribution is -0.140. The summed E-state index contributed by atoms with van der Waals surface area (Å²) < 4.78 is 12.7. The van der Waals surface area contributed by atoms with E-state index in [0.29, 0.717) is 0 Å². The van der Waals surface area contributed by atoms with Crippen LogP contribution in [0.5, 0.6) is 5.75 Å². The molecule has 1 rings (SSSR count). The zero-order valence-electron chi connectivity index (χ0n) is 8.85. The van der Waals surface area contributed by atoms with Gasteiger partial charge >= 0.3 is 5.97 Å². The van der Waals surface area contributed by atoms with E-state index in [1.165, 1.54) is 19.1 Å². The third kappa shape index (κ3) is 3.86. The molecule has 1 aromatic rings. The van der Waals surface area contributed by atoms with Crippen molar-refractivity contribution in [3.05, 3.63) is 29.8 Å². The standard InChI is InChI=1S/C11H14FNO3/c1-7(12)13-10(11(15)16)6-8-2-4-9(14)5-3-8/h2-5,7,10,13-14H,6H2,1H3,(H,15,16). The summed E-state index contributed by atoms with van der Waals surface area (Å²) in [5.74, 6) is -0.986. The Morgan fingerprint density at radius 2 is 2.00 bits per heavy atom. The molecule has 5 heteroatoms. The maximum Gasteiger partial charge on any atom is 0.321 e. The summed E-state index contributed by atoms with van der Waals surface area (Å²) in [6.45, 7) is 1.24. The largest absolute Gasteiger partial charge is 0.508 e. The van der Waals surface area contributed by atoms with Crippen LogP contribution in [-0.4, -0.2) is 28.5 Å². The quantitative estimate of drug-likeness (QED) is 0.663. The van der Waals surface area contributed by atoms with Crippen molar-refractivity contribution in [1.82, 2.24) is 5.32 Å². The van der Waals surface area contributed by atoms with Gasteiger partial charge in [-0.2, -0.15) is 0 Å². The molecular formula is C11H14FNO3. The molecule has 4 nitrogen and oxygen atoms in total. The fourth-order valence-electron chi connectivity index (χ4n) is 1.36. The Morgan fingerprint density at radius 1 is 1.44 bits per heavy atom. The Labute approximate surface area is 92.7 Å². The molecule has 2 unspecified atom stereocenters. The lowest BCUT2D eigenvalue weighted by Gasteiger charge is -2.15. The van der Waals surface area contributed by atoms with Crippen molar-refractivity contribution in [2.24, 2.45) is 0 Å². The Morgan fingerprint density at radius 3 is 2.44 bits per heavy atom. The van der Waals surface area contributed by atoms with Crippen LogP contribution in [0.15, 0.2) is 24.3 Å². The monoisotopic (exact) mass is 227 g/mol. The third-order valence-corrected chi connectivity index (χ3v) is 2.11. The minimum Gasteiger partial charge on any atom is -0.508 e. The highest BCUT2D eigenvalue weighted by atomic mass is 19.1. The fraction of sp³-hybridized carbons (Fsp3) is 0.364. The number of hydrogen-bond acceptors (Lipinski definition) is 3. The number of aromatic hydroxyl groups is 1. The zero-order valence-corrected chi connectivity index (χ0v) is 8.85. The second-order valence-electron chi connectivity index (χ2n) is 3.54. The van der Waals surface area contributed by atoms with Gasteiger partial charge in [-0.3, -0.25) is 10.1 Å². The number of phenols is 1. The maximum atomic E-state index is 12.7. The summed E-state index contributed by atoms with van der Waals surface area (Å²) >= 11 is 0. The summed E-state index contributed by atoms with van der Waals surface area (Å²) in [7, 11) is 0. The van der Waals surface area contributed by atoms with Gasteiger partial charge in [0.15, 0.2) is 0 Å². The Hall–Kier alpha value is -1.62. The molecule has 0 aliphatic rings. The van der Waals surface area contributed by atoms with Crippen LogP contribution in [0.25, 0.3) is 0 Å². The van der Waals surface area contributed by atoms with Gasteiger partial charge in [0.25, 0.3) is 0 Å². The van der Waals surface area contributed by atoms with E-state index in [0.717, 1.165) is 5.56 Å². The van der Waals surface area contributed by atoms with Gasteiger partial charge in [0, 0.05) is 0 Å². The fourth-order valence-corrected chi connectivity index (χ4v) is 1.36. The first-order valence-electron chi connectivity index (χ1n) is 4.90. The van der Waals surface area contributed by atoms with Crippen LogP contribution in [0, 0.1) is 0 Å². The second kappa shape index (κ2) is 5.46. The van der Waals surface area contributed by atoms with Crippen molar-refractivity contribution in [1.29, 1.82) is 0 Å². The van der Waals surface area contributed by atoms with Gasteiger partial charge in [0.1, 0.15) is 18.1 Å². The molecule has 0 bridgehead atoms. The van der Waals surface area contributed by atoms with E-state index in [1.807, 2.05) is 0 Å². The molecule has 0 radical (unpaired) electrons. The average Bonchev–Trinajstić information content (AvgIpc) is 2.19. The molecular weight excluding hydrogens is 213 g/mol. The van der Waals surface area contributed by atoms with Crippen LogP contribution in [0.2, 0.25) is 0 Å². The molecule has 0 saturated carbocycles. The minimum atomic E-state index is -1.38. The van der Waals surface area contributed by atoms with Crippen LogP contribution < -0.4 is 5.32 Å². The third-order valence-electron chi connectivity index (χ3n) is 2.11. The number of carboxylic acid groups (broad SMARTS) is 1. The summed E-state index contributed by atoms with van der Waals surface area (Å²) in [6.07, 6.45) is -1.21. The van der Waals surface area contributed by atoms with Crippen LogP contribution in [0.4, 0.5) is 4.39 Å². The molecule has 1 aromatic carbocycles. The number of alkyl halides is 1. The number of benzene rings is 1. The lowest BCUT2D eigenvalue weighted by Crippen LogP contribution is -2.41. The number of phenolic OH excluding ortho intramolecular Hbond substituents is 1. The molecule has 0 aromatic heterocycles. The van der Waals surface area contributed by atoms with Gasteiger partial charge in [-0.05, 0) is 31.0 Å². The van der Waals surface area contributed by atoms with Crippen molar-refractivity contribution in [3.8, 4) is 5.75 Å². The van der Waals surface area contributed by atoms with Crippen LogP contribution in [0.3, 0.4) is 0 Å². The van der Waals surface area contributed by atoms with Gasteiger partial charge in [-0.1, -0.05) is 12.1 Å². The number of hydrogen-bond donors (Lipinski definition) is 3. The molecule has 0 aliphatic carbocycles. The number of carbonyl (C=O) groups is 1. The van der Waals surface area contributed by atoms with Crippen molar-refractivity contribution in [2.45, 2.75) is 25.7 Å². The number of rotatable bonds is 5. The molecule has 0 saturated heterocycles. The van der Waals surface area contributed by atoms with Crippen molar-refractivity contribution in [3.63, 3.8) is 0 Å². The number of aliphatic carboxylic acids is 1. The van der Waals surface area contributed by atoms with E-state index in [-0.39, 0.29) is 12.2 Å². The van der Waals surface area contributed by atoms with E-state index in [9.17, 15) is 9.18 Å². The maximum absolute atomic E-state index is 12.7. The topological polar surface area (TPSA) is 69.6 Å². The first-order chi connectivity index (χ1) is 7.49. The molecule has 0 heterocycles. The van der Waals surface area contributed by atoms with Crippen LogP contribution >= 0.6 is 0 Å². The summed E-state index contributed by atoms with van der Waals surface area (Å²) in [4.78, 5) is 10.8. The highest BCUT2D eigenvalue weighted by Crippen LogP contribution is 2.11. The SMILES string of the molecule is CC(F)NC(Cc1ccc(O)cc1)C(=O)O. The minimum absolute atomic E-state index is 0.113. The Bertz CT molecular complexity index is 351. The van der Waals surface area contributed by atoms with E-state index in [2.05, 4.69) is 5.32 Å². The molecule has 16 heavy (non-hydrogen) atoms. The summed E-state index contributed by atoms with van der Waals surface area (Å²) in [5, 5.41) is 20.2. The molecule has 0 fully saturated rings. The van der Waals surface area contributed by atoms with Gasteiger partial charge < -0.3 is 10.2 Å². The Kier molecular flexibility index (Phi) is 4.25. The predicted molar refractivity (Wildman–Crippen MR) is 56.9 cm³/mol. The molecule has 88 valence electrons. The molecule has 3 N–H and O–H groups in total. The zero-order chi connectivity index (χ0) is 12.1. The normalized spacial score (nSPS) is 14.4. The number of nitrogens with one attached hydrogen (secondary N) is 1. The average molecular weight is 227 g/mol. The second-order valence-corrected chi connectivity index (χ2v) is 3.54. The predicted octanol–water partition coefficient (Wildman–Crippen LogP) is 1.29. The van der Waals surface area contributed by atoms with Crippen LogP contribution in [-0.2, 0) is 11.2 Å². The Balaban J connectivity index is 2.68. The van der Waals surface area contributed by atoms with E-state index in [4.69, 9.17) is 10.2 Å². The molecule has 0 spiro atoms. The first kappa shape index (κ1) is 12.4. The van der Waals surface area contributed by atoms with E-state index in [1.54, 1.807) is 12.1 Å². The highest BCUT2D eigenvalue weighted by Gasteiger charge is 2.19.